The Hall–Kier alpha value is -0.840. The van der Waals surface area contributed by atoms with Crippen LogP contribution >= 0.6 is 0 Å². The number of hydrogen-bond donors (Lipinski definition) is 1. The average molecular weight is 253 g/mol. The van der Waals surface area contributed by atoms with Crippen LogP contribution in [-0.4, -0.2) is 25.9 Å². The van der Waals surface area contributed by atoms with Crippen LogP contribution in [0.1, 0.15) is 44.3 Å². The van der Waals surface area contributed by atoms with Crippen LogP contribution in [0, 0.1) is 0 Å². The Bertz CT molecular complexity index is 369. The van der Waals surface area contributed by atoms with E-state index in [0.29, 0.717) is 6.61 Å². The second-order valence-electron chi connectivity index (χ2n) is 4.99. The largest absolute Gasteiger partial charge is 0.462 e. The van der Waals surface area contributed by atoms with Gasteiger partial charge in [0.15, 0.2) is 0 Å². The molecule has 0 aromatic carbocycles. The van der Waals surface area contributed by atoms with E-state index >= 15 is 0 Å². The summed E-state index contributed by atoms with van der Waals surface area (Å²) in [5.41, 5.74) is -0.168. The smallest absolute Gasteiger partial charge is 0.129 e. The highest BCUT2D eigenvalue weighted by Gasteiger charge is 2.40. The van der Waals surface area contributed by atoms with Crippen LogP contribution < -0.4 is 5.32 Å². The summed E-state index contributed by atoms with van der Waals surface area (Å²) in [4.78, 5) is 0. The Labute approximate surface area is 109 Å². The van der Waals surface area contributed by atoms with E-state index in [1.807, 2.05) is 12.1 Å². The molecule has 2 rings (SSSR count). The molecule has 0 bridgehead atoms. The molecule has 1 aliphatic heterocycles. The van der Waals surface area contributed by atoms with Gasteiger partial charge in [0, 0.05) is 13.7 Å². The highest BCUT2D eigenvalue weighted by atomic mass is 16.5. The molecule has 2 heterocycles. The average Bonchev–Trinajstić information content (AvgIpc) is 2.97. The van der Waals surface area contributed by atoms with Gasteiger partial charge in [0.05, 0.1) is 11.6 Å². The molecule has 1 aromatic heterocycles. The number of likely N-dealkylation sites (N-methyl/N-ethyl adjacent to an activating group) is 1. The molecule has 18 heavy (non-hydrogen) atoms. The second-order valence-corrected chi connectivity index (χ2v) is 4.99. The summed E-state index contributed by atoms with van der Waals surface area (Å²) in [6.45, 7) is 6.50. The normalized spacial score (nSPS) is 25.5. The summed E-state index contributed by atoms with van der Waals surface area (Å²) in [6.07, 6.45) is 2.18. The molecule has 0 radical (unpaired) electrons. The fraction of sp³-hybridized carbons (Fsp3) is 0.714. The molecule has 1 fully saturated rings. The van der Waals surface area contributed by atoms with Gasteiger partial charge < -0.3 is 19.2 Å². The quantitative estimate of drug-likeness (QED) is 0.846. The van der Waals surface area contributed by atoms with Crippen molar-refractivity contribution in [3.63, 3.8) is 0 Å². The lowest BCUT2D eigenvalue weighted by Crippen LogP contribution is -2.41. The van der Waals surface area contributed by atoms with E-state index in [0.717, 1.165) is 37.5 Å². The number of furan rings is 1. The Kier molecular flexibility index (Phi) is 4.43. The predicted molar refractivity (Wildman–Crippen MR) is 69.4 cm³/mol. The van der Waals surface area contributed by atoms with Crippen molar-refractivity contribution in [3.8, 4) is 0 Å². The number of ether oxygens (including phenoxy) is 2. The van der Waals surface area contributed by atoms with E-state index < -0.39 is 0 Å². The molecule has 4 nitrogen and oxygen atoms in total. The zero-order valence-electron chi connectivity index (χ0n) is 11.5. The third-order valence-electron chi connectivity index (χ3n) is 3.52. The van der Waals surface area contributed by atoms with Crippen molar-refractivity contribution in [1.29, 1.82) is 0 Å². The van der Waals surface area contributed by atoms with Crippen LogP contribution in [0.2, 0.25) is 0 Å². The predicted octanol–water partition coefficient (Wildman–Crippen LogP) is 2.65. The first kappa shape index (κ1) is 13.6. The maximum Gasteiger partial charge on any atom is 0.129 e. The number of nitrogens with one attached hydrogen (secondary N) is 1. The first-order chi connectivity index (χ1) is 8.69. The summed E-state index contributed by atoms with van der Waals surface area (Å²) in [5, 5.41) is 3.48. The molecule has 1 saturated heterocycles. The molecule has 2 atom stereocenters. The lowest BCUT2D eigenvalue weighted by atomic mass is 9.91. The van der Waals surface area contributed by atoms with Crippen LogP contribution in [0.25, 0.3) is 0 Å². The molecule has 102 valence electrons. The summed E-state index contributed by atoms with van der Waals surface area (Å²) in [7, 11) is 1.67. The zero-order chi connectivity index (χ0) is 13.0. The molecule has 0 aliphatic carbocycles. The van der Waals surface area contributed by atoms with Crippen molar-refractivity contribution in [2.75, 3.05) is 20.3 Å². The van der Waals surface area contributed by atoms with Crippen LogP contribution in [0.3, 0.4) is 0 Å². The monoisotopic (exact) mass is 253 g/mol. The van der Waals surface area contributed by atoms with Gasteiger partial charge in [-0.15, -0.1) is 0 Å². The third-order valence-corrected chi connectivity index (χ3v) is 3.52. The molecule has 0 saturated carbocycles. The Morgan fingerprint density at radius 3 is 2.94 bits per heavy atom. The van der Waals surface area contributed by atoms with Crippen molar-refractivity contribution in [2.45, 2.75) is 44.9 Å². The van der Waals surface area contributed by atoms with E-state index in [2.05, 4.69) is 19.2 Å². The summed E-state index contributed by atoms with van der Waals surface area (Å²) >= 11 is 0. The van der Waals surface area contributed by atoms with Crippen molar-refractivity contribution < 1.29 is 13.9 Å². The minimum Gasteiger partial charge on any atom is -0.462 e. The zero-order valence-corrected chi connectivity index (χ0v) is 11.5. The van der Waals surface area contributed by atoms with Crippen molar-refractivity contribution in [1.82, 2.24) is 5.32 Å². The summed E-state index contributed by atoms with van der Waals surface area (Å²) < 4.78 is 16.9. The molecule has 2 unspecified atom stereocenters. The molecule has 1 N–H and O–H groups in total. The topological polar surface area (TPSA) is 43.6 Å². The van der Waals surface area contributed by atoms with E-state index in [1.54, 1.807) is 7.11 Å². The van der Waals surface area contributed by atoms with E-state index in [1.165, 1.54) is 0 Å². The first-order valence-electron chi connectivity index (χ1n) is 6.64. The molecular formula is C14H23NO3. The standard InChI is InChI=1S/C14H23NO3/c1-4-15-13(14(2)8-5-9-17-14)12-7-6-11(18-12)10-16-3/h6-7,13,15H,4-5,8-10H2,1-3H3. The minimum atomic E-state index is -0.168. The number of methoxy groups -OCH3 is 1. The summed E-state index contributed by atoms with van der Waals surface area (Å²) in [6, 6.07) is 4.10. The van der Waals surface area contributed by atoms with Gasteiger partial charge in [-0.3, -0.25) is 0 Å². The molecular weight excluding hydrogens is 230 g/mol. The number of hydrogen-bond acceptors (Lipinski definition) is 4. The van der Waals surface area contributed by atoms with Crippen LogP contribution in [0.5, 0.6) is 0 Å². The summed E-state index contributed by atoms with van der Waals surface area (Å²) in [5.74, 6) is 1.80. The lowest BCUT2D eigenvalue weighted by Gasteiger charge is -2.32. The molecule has 4 heteroatoms. The first-order valence-corrected chi connectivity index (χ1v) is 6.64. The minimum absolute atomic E-state index is 0.107. The highest BCUT2D eigenvalue weighted by molar-refractivity contribution is 5.15. The van der Waals surface area contributed by atoms with Gasteiger partial charge in [0.25, 0.3) is 0 Å². The molecule has 0 amide bonds. The Morgan fingerprint density at radius 2 is 2.33 bits per heavy atom. The van der Waals surface area contributed by atoms with Crippen molar-refractivity contribution >= 4 is 0 Å². The van der Waals surface area contributed by atoms with Gasteiger partial charge in [-0.25, -0.2) is 0 Å². The van der Waals surface area contributed by atoms with Gasteiger partial charge in [0.2, 0.25) is 0 Å². The van der Waals surface area contributed by atoms with E-state index in [-0.39, 0.29) is 11.6 Å². The lowest BCUT2D eigenvalue weighted by molar-refractivity contribution is -0.0183. The SMILES string of the molecule is CCNC(c1ccc(COC)o1)C1(C)CCCO1. The maximum atomic E-state index is 5.93. The molecule has 1 aromatic rings. The van der Waals surface area contributed by atoms with Crippen molar-refractivity contribution in [3.05, 3.63) is 23.7 Å². The number of rotatable bonds is 6. The molecule has 0 spiro atoms. The van der Waals surface area contributed by atoms with Gasteiger partial charge in [-0.1, -0.05) is 6.92 Å². The van der Waals surface area contributed by atoms with Crippen molar-refractivity contribution in [2.24, 2.45) is 0 Å². The fourth-order valence-electron chi connectivity index (χ4n) is 2.62. The third kappa shape index (κ3) is 2.76. The highest BCUT2D eigenvalue weighted by Crippen LogP contribution is 2.37. The van der Waals surface area contributed by atoms with Gasteiger partial charge in [0.1, 0.15) is 18.1 Å². The van der Waals surface area contributed by atoms with E-state index in [9.17, 15) is 0 Å². The fourth-order valence-corrected chi connectivity index (χ4v) is 2.62. The Balaban J connectivity index is 2.17. The van der Waals surface area contributed by atoms with Gasteiger partial charge in [-0.2, -0.15) is 0 Å². The van der Waals surface area contributed by atoms with Gasteiger partial charge in [-0.05, 0) is 38.4 Å². The van der Waals surface area contributed by atoms with E-state index in [4.69, 9.17) is 13.9 Å². The maximum absolute atomic E-state index is 5.93. The second kappa shape index (κ2) is 5.87. The van der Waals surface area contributed by atoms with Crippen LogP contribution in [-0.2, 0) is 16.1 Å². The van der Waals surface area contributed by atoms with Crippen LogP contribution in [0.15, 0.2) is 16.5 Å². The van der Waals surface area contributed by atoms with Gasteiger partial charge >= 0.3 is 0 Å². The molecule has 1 aliphatic rings. The Morgan fingerprint density at radius 1 is 1.50 bits per heavy atom. The van der Waals surface area contributed by atoms with Crippen LogP contribution in [0.4, 0.5) is 0 Å².